The molecule has 0 aliphatic heterocycles. The van der Waals surface area contributed by atoms with Gasteiger partial charge in [-0.15, -0.1) is 24.0 Å². The smallest absolute Gasteiger partial charge is 0.191 e. The van der Waals surface area contributed by atoms with Gasteiger partial charge in [-0.1, -0.05) is 6.92 Å². The van der Waals surface area contributed by atoms with Crippen LogP contribution in [0.3, 0.4) is 0 Å². The van der Waals surface area contributed by atoms with Crippen molar-refractivity contribution in [1.29, 1.82) is 0 Å². The Balaban J connectivity index is 0.00000324. The highest BCUT2D eigenvalue weighted by molar-refractivity contribution is 14.0. The van der Waals surface area contributed by atoms with Crippen LogP contribution in [0.5, 0.6) is 0 Å². The predicted molar refractivity (Wildman–Crippen MR) is 98.0 cm³/mol. The molecular formula is C13H29IN4S. The molecule has 0 spiro atoms. The van der Waals surface area contributed by atoms with Crippen molar-refractivity contribution in [2.45, 2.75) is 37.5 Å². The summed E-state index contributed by atoms with van der Waals surface area (Å²) in [6.07, 6.45) is 6.06. The first-order chi connectivity index (χ1) is 8.69. The number of nitrogens with zero attached hydrogens (tertiary/aromatic N) is 2. The fraction of sp³-hybridized carbons (Fsp3) is 0.923. The molecule has 0 aromatic heterocycles. The van der Waals surface area contributed by atoms with Gasteiger partial charge in [0.2, 0.25) is 0 Å². The quantitative estimate of drug-likeness (QED) is 0.407. The number of rotatable bonds is 6. The van der Waals surface area contributed by atoms with E-state index in [2.05, 4.69) is 40.8 Å². The Morgan fingerprint density at radius 2 is 2.16 bits per heavy atom. The molecule has 2 atom stereocenters. The Kier molecular flexibility index (Phi) is 11.2. The number of aliphatic imine (C=N–C) groups is 1. The molecule has 0 aromatic carbocycles. The highest BCUT2D eigenvalue weighted by atomic mass is 127. The van der Waals surface area contributed by atoms with Gasteiger partial charge in [-0.2, -0.15) is 11.8 Å². The number of halogens is 1. The summed E-state index contributed by atoms with van der Waals surface area (Å²) in [5.41, 5.74) is 0. The zero-order valence-electron chi connectivity index (χ0n) is 12.6. The fourth-order valence-corrected chi connectivity index (χ4v) is 2.99. The third-order valence-corrected chi connectivity index (χ3v) is 4.70. The topological polar surface area (TPSA) is 39.7 Å². The maximum atomic E-state index is 4.29. The Morgan fingerprint density at radius 3 is 2.68 bits per heavy atom. The normalized spacial score (nSPS) is 23.3. The molecule has 0 amide bonds. The summed E-state index contributed by atoms with van der Waals surface area (Å²) < 4.78 is 0. The number of hydrogen-bond donors (Lipinski definition) is 2. The zero-order chi connectivity index (χ0) is 13.4. The number of hydrogen-bond acceptors (Lipinski definition) is 3. The average molecular weight is 400 g/mol. The SMILES string of the molecule is CCN(C)CCNC(=NC)NC1CCC(SC)C1.I. The van der Waals surface area contributed by atoms with Crippen LogP contribution in [-0.4, -0.2) is 62.1 Å². The zero-order valence-corrected chi connectivity index (χ0v) is 15.8. The first-order valence-electron chi connectivity index (χ1n) is 6.88. The predicted octanol–water partition coefficient (Wildman–Crippen LogP) is 2.01. The molecule has 0 saturated heterocycles. The van der Waals surface area contributed by atoms with Crippen LogP contribution in [0.25, 0.3) is 0 Å². The van der Waals surface area contributed by atoms with Gasteiger partial charge >= 0.3 is 0 Å². The minimum atomic E-state index is 0. The van der Waals surface area contributed by atoms with E-state index in [1.165, 1.54) is 19.3 Å². The van der Waals surface area contributed by atoms with Crippen LogP contribution in [0, 0.1) is 0 Å². The highest BCUT2D eigenvalue weighted by Crippen LogP contribution is 2.27. The number of likely N-dealkylation sites (N-methyl/N-ethyl adjacent to an activating group) is 1. The van der Waals surface area contributed by atoms with E-state index in [0.717, 1.165) is 30.8 Å². The molecule has 2 N–H and O–H groups in total. The van der Waals surface area contributed by atoms with Crippen LogP contribution in [0.15, 0.2) is 4.99 Å². The molecule has 0 radical (unpaired) electrons. The van der Waals surface area contributed by atoms with Gasteiger partial charge in [0.15, 0.2) is 5.96 Å². The fourth-order valence-electron chi connectivity index (χ4n) is 2.20. The van der Waals surface area contributed by atoms with Crippen LogP contribution >= 0.6 is 35.7 Å². The van der Waals surface area contributed by atoms with E-state index in [1.807, 2.05) is 18.8 Å². The molecule has 0 heterocycles. The van der Waals surface area contributed by atoms with Crippen molar-refractivity contribution in [3.63, 3.8) is 0 Å². The van der Waals surface area contributed by atoms with Gasteiger partial charge in [0.1, 0.15) is 0 Å². The van der Waals surface area contributed by atoms with E-state index in [4.69, 9.17) is 0 Å². The summed E-state index contributed by atoms with van der Waals surface area (Å²) in [6.45, 7) is 5.26. The molecule has 1 aliphatic rings. The van der Waals surface area contributed by atoms with Crippen LogP contribution in [-0.2, 0) is 0 Å². The summed E-state index contributed by atoms with van der Waals surface area (Å²) >= 11 is 1.99. The molecule has 1 rings (SSSR count). The summed E-state index contributed by atoms with van der Waals surface area (Å²) in [6, 6.07) is 0.595. The van der Waals surface area contributed by atoms with Gasteiger partial charge in [-0.05, 0) is 39.1 Å². The van der Waals surface area contributed by atoms with E-state index in [0.29, 0.717) is 6.04 Å². The van der Waals surface area contributed by atoms with Gasteiger partial charge < -0.3 is 15.5 Å². The lowest BCUT2D eigenvalue weighted by atomic mass is 10.2. The van der Waals surface area contributed by atoms with Crippen molar-refractivity contribution in [2.75, 3.05) is 40.0 Å². The van der Waals surface area contributed by atoms with Crippen LogP contribution in [0.4, 0.5) is 0 Å². The Bertz CT molecular complexity index is 263. The molecule has 0 bridgehead atoms. The second-order valence-electron chi connectivity index (χ2n) is 4.91. The lowest BCUT2D eigenvalue weighted by molar-refractivity contribution is 0.357. The second kappa shape index (κ2) is 11.0. The van der Waals surface area contributed by atoms with Crippen molar-refractivity contribution >= 4 is 41.7 Å². The average Bonchev–Trinajstić information content (AvgIpc) is 2.84. The van der Waals surface area contributed by atoms with E-state index < -0.39 is 0 Å². The minimum Gasteiger partial charge on any atom is -0.355 e. The number of nitrogens with one attached hydrogen (secondary N) is 2. The van der Waals surface area contributed by atoms with Gasteiger partial charge in [-0.25, -0.2) is 0 Å². The standard InChI is InChI=1S/C13H28N4S.HI/c1-5-17(3)9-8-15-13(14-2)16-11-6-7-12(10-11)18-4;/h11-12H,5-10H2,1-4H3,(H2,14,15,16);1H. The molecule has 1 fully saturated rings. The van der Waals surface area contributed by atoms with Crippen molar-refractivity contribution in [1.82, 2.24) is 15.5 Å². The van der Waals surface area contributed by atoms with E-state index in [-0.39, 0.29) is 24.0 Å². The van der Waals surface area contributed by atoms with Gasteiger partial charge in [0.25, 0.3) is 0 Å². The summed E-state index contributed by atoms with van der Waals surface area (Å²) in [5, 5.41) is 7.74. The van der Waals surface area contributed by atoms with Crippen molar-refractivity contribution in [2.24, 2.45) is 4.99 Å². The molecule has 1 saturated carbocycles. The number of guanidine groups is 1. The maximum absolute atomic E-state index is 4.29. The van der Waals surface area contributed by atoms with E-state index >= 15 is 0 Å². The Labute approximate surface area is 139 Å². The van der Waals surface area contributed by atoms with Crippen LogP contribution in [0.2, 0.25) is 0 Å². The molecule has 114 valence electrons. The van der Waals surface area contributed by atoms with Gasteiger partial charge in [0.05, 0.1) is 0 Å². The molecule has 4 nitrogen and oxygen atoms in total. The van der Waals surface area contributed by atoms with E-state index in [9.17, 15) is 0 Å². The molecule has 6 heteroatoms. The summed E-state index contributed by atoms with van der Waals surface area (Å²) in [7, 11) is 3.98. The largest absolute Gasteiger partial charge is 0.355 e. The second-order valence-corrected chi connectivity index (χ2v) is 6.04. The van der Waals surface area contributed by atoms with Gasteiger partial charge in [0, 0.05) is 31.4 Å². The van der Waals surface area contributed by atoms with Crippen molar-refractivity contribution < 1.29 is 0 Å². The minimum absolute atomic E-state index is 0. The Morgan fingerprint density at radius 1 is 1.42 bits per heavy atom. The lowest BCUT2D eigenvalue weighted by Gasteiger charge is -2.19. The van der Waals surface area contributed by atoms with Crippen molar-refractivity contribution in [3.8, 4) is 0 Å². The van der Waals surface area contributed by atoms with E-state index in [1.54, 1.807) is 0 Å². The summed E-state index contributed by atoms with van der Waals surface area (Å²) in [4.78, 5) is 6.59. The maximum Gasteiger partial charge on any atom is 0.191 e. The highest BCUT2D eigenvalue weighted by Gasteiger charge is 2.24. The third kappa shape index (κ3) is 7.60. The molecule has 19 heavy (non-hydrogen) atoms. The number of thioether (sulfide) groups is 1. The molecule has 2 unspecified atom stereocenters. The van der Waals surface area contributed by atoms with Crippen LogP contribution < -0.4 is 10.6 Å². The third-order valence-electron chi connectivity index (χ3n) is 3.61. The molecular weight excluding hydrogens is 371 g/mol. The Hall–Kier alpha value is 0.310. The monoisotopic (exact) mass is 400 g/mol. The van der Waals surface area contributed by atoms with Gasteiger partial charge in [-0.3, -0.25) is 4.99 Å². The van der Waals surface area contributed by atoms with Crippen molar-refractivity contribution in [3.05, 3.63) is 0 Å². The molecule has 1 aliphatic carbocycles. The van der Waals surface area contributed by atoms with Crippen LogP contribution in [0.1, 0.15) is 26.2 Å². The summed E-state index contributed by atoms with van der Waals surface area (Å²) in [5.74, 6) is 0.950. The first kappa shape index (κ1) is 19.3. The first-order valence-corrected chi connectivity index (χ1v) is 8.16. The molecule has 0 aromatic rings. The lowest BCUT2D eigenvalue weighted by Crippen LogP contribution is -2.44.